The lowest BCUT2D eigenvalue weighted by atomic mass is 9.91. The molecule has 0 radical (unpaired) electrons. The molecule has 8 heteroatoms. The number of hydrogen-bond acceptors (Lipinski definition) is 6. The quantitative estimate of drug-likeness (QED) is 0.586. The average molecular weight is 356 g/mol. The molecule has 0 aromatic carbocycles. The van der Waals surface area contributed by atoms with E-state index >= 15 is 0 Å². The molecule has 0 aliphatic heterocycles. The number of azo groups is 1. The van der Waals surface area contributed by atoms with Crippen molar-refractivity contribution in [1.29, 1.82) is 5.26 Å². The first-order valence-corrected chi connectivity index (χ1v) is 9.00. The second kappa shape index (κ2) is 8.13. The minimum Gasteiger partial charge on any atom is -0.382 e. The lowest BCUT2D eigenvalue weighted by molar-refractivity contribution is 0.541. The second-order valence-corrected chi connectivity index (χ2v) is 7.46. The number of hydrogen-bond donors (Lipinski definition) is 1. The predicted molar refractivity (Wildman–Crippen MR) is 102 cm³/mol. The van der Waals surface area contributed by atoms with E-state index in [0.29, 0.717) is 22.9 Å². The van der Waals surface area contributed by atoms with Gasteiger partial charge in [0.2, 0.25) is 5.82 Å². The maximum absolute atomic E-state index is 9.34. The molecule has 2 aromatic heterocycles. The maximum Gasteiger partial charge on any atom is 0.213 e. The Hall–Kier alpha value is -2.69. The molecular formula is C18H28N8. The summed E-state index contributed by atoms with van der Waals surface area (Å²) in [5.74, 6) is 0.752. The minimum atomic E-state index is -0.222. The highest BCUT2D eigenvalue weighted by atomic mass is 15.4. The van der Waals surface area contributed by atoms with Crippen LogP contribution in [-0.2, 0) is 19.0 Å². The standard InChI is InChI=1S/C18H28N8/c1-6-7-8-9-10-26-12-13(11-19)17(24-26)22-21-14-15(18(2,3)4)23-25(5)16(14)20/h12H,6-10,20H2,1-5H3. The third-order valence-electron chi connectivity index (χ3n) is 4.12. The molecule has 0 atom stereocenters. The number of unbranched alkanes of at least 4 members (excludes halogenated alkanes) is 3. The summed E-state index contributed by atoms with van der Waals surface area (Å²) in [4.78, 5) is 0. The van der Waals surface area contributed by atoms with Gasteiger partial charge in [-0.05, 0) is 6.42 Å². The van der Waals surface area contributed by atoms with Crippen LogP contribution in [0.25, 0.3) is 0 Å². The van der Waals surface area contributed by atoms with Gasteiger partial charge >= 0.3 is 0 Å². The van der Waals surface area contributed by atoms with Crippen molar-refractivity contribution < 1.29 is 0 Å². The van der Waals surface area contributed by atoms with Gasteiger partial charge in [-0.1, -0.05) is 47.0 Å². The van der Waals surface area contributed by atoms with Crippen molar-refractivity contribution in [3.05, 3.63) is 17.5 Å². The smallest absolute Gasteiger partial charge is 0.213 e. The normalized spacial score (nSPS) is 12.0. The molecule has 0 fully saturated rings. The van der Waals surface area contributed by atoms with Crippen molar-refractivity contribution in [3.63, 3.8) is 0 Å². The second-order valence-electron chi connectivity index (χ2n) is 7.46. The first-order chi connectivity index (χ1) is 12.3. The fourth-order valence-corrected chi connectivity index (χ4v) is 2.61. The number of anilines is 1. The number of aromatic nitrogens is 4. The van der Waals surface area contributed by atoms with Crippen LogP contribution in [-0.4, -0.2) is 19.6 Å². The van der Waals surface area contributed by atoms with Crippen molar-refractivity contribution in [2.45, 2.75) is 65.3 Å². The van der Waals surface area contributed by atoms with Gasteiger partial charge in [-0.15, -0.1) is 15.3 Å². The molecule has 2 heterocycles. The summed E-state index contributed by atoms with van der Waals surface area (Å²) in [6.07, 6.45) is 6.29. The third-order valence-corrected chi connectivity index (χ3v) is 4.12. The van der Waals surface area contributed by atoms with Crippen LogP contribution >= 0.6 is 0 Å². The number of rotatable bonds is 7. The Morgan fingerprint density at radius 2 is 1.92 bits per heavy atom. The minimum absolute atomic E-state index is 0.222. The van der Waals surface area contributed by atoms with Gasteiger partial charge in [-0.2, -0.15) is 10.4 Å². The summed E-state index contributed by atoms with van der Waals surface area (Å²) < 4.78 is 3.35. The van der Waals surface area contributed by atoms with Crippen LogP contribution in [0, 0.1) is 11.3 Å². The molecule has 0 aliphatic rings. The Morgan fingerprint density at radius 1 is 1.19 bits per heavy atom. The summed E-state index contributed by atoms with van der Waals surface area (Å²) >= 11 is 0. The number of nitrogens with two attached hydrogens (primary N) is 1. The van der Waals surface area contributed by atoms with Gasteiger partial charge in [-0.25, -0.2) is 0 Å². The fraction of sp³-hybridized carbons (Fsp3) is 0.611. The van der Waals surface area contributed by atoms with Crippen LogP contribution in [0.1, 0.15) is 64.6 Å². The van der Waals surface area contributed by atoms with Crippen molar-refractivity contribution in [2.24, 2.45) is 17.3 Å². The van der Waals surface area contributed by atoms with Gasteiger partial charge in [0.25, 0.3) is 0 Å². The Balaban J connectivity index is 2.26. The van der Waals surface area contributed by atoms with E-state index in [9.17, 15) is 5.26 Å². The molecule has 0 aliphatic carbocycles. The Labute approximate surface area is 154 Å². The van der Waals surface area contributed by atoms with Gasteiger partial charge in [0.1, 0.15) is 17.5 Å². The van der Waals surface area contributed by atoms with Crippen LogP contribution in [0.4, 0.5) is 17.3 Å². The number of aryl methyl sites for hydroxylation is 2. The highest BCUT2D eigenvalue weighted by Crippen LogP contribution is 2.36. The zero-order valence-electron chi connectivity index (χ0n) is 16.3. The van der Waals surface area contributed by atoms with Gasteiger partial charge in [-0.3, -0.25) is 9.36 Å². The molecule has 26 heavy (non-hydrogen) atoms. The Kier molecular flexibility index (Phi) is 6.14. The van der Waals surface area contributed by atoms with Crippen LogP contribution < -0.4 is 5.73 Å². The van der Waals surface area contributed by atoms with E-state index in [-0.39, 0.29) is 5.41 Å². The van der Waals surface area contributed by atoms with Gasteiger partial charge < -0.3 is 5.73 Å². The van der Waals surface area contributed by atoms with Crippen LogP contribution in [0.3, 0.4) is 0 Å². The van der Waals surface area contributed by atoms with Crippen LogP contribution in [0.5, 0.6) is 0 Å². The monoisotopic (exact) mass is 356 g/mol. The first-order valence-electron chi connectivity index (χ1n) is 9.00. The molecular weight excluding hydrogens is 328 g/mol. The van der Waals surface area contributed by atoms with E-state index in [1.165, 1.54) is 12.8 Å². The van der Waals surface area contributed by atoms with Crippen LogP contribution in [0.2, 0.25) is 0 Å². The van der Waals surface area contributed by atoms with E-state index < -0.39 is 0 Å². The highest BCUT2D eigenvalue weighted by molar-refractivity contribution is 5.63. The van der Waals surface area contributed by atoms with Gasteiger partial charge in [0, 0.05) is 25.2 Å². The molecule has 140 valence electrons. The molecule has 2 rings (SSSR count). The Morgan fingerprint density at radius 3 is 2.54 bits per heavy atom. The number of nitrogens with zero attached hydrogens (tertiary/aromatic N) is 7. The summed E-state index contributed by atoms with van der Waals surface area (Å²) in [6, 6.07) is 2.13. The molecule has 0 unspecified atom stereocenters. The zero-order chi connectivity index (χ0) is 19.3. The molecule has 0 saturated carbocycles. The third kappa shape index (κ3) is 4.48. The lowest BCUT2D eigenvalue weighted by Gasteiger charge is -2.15. The molecule has 0 bridgehead atoms. The largest absolute Gasteiger partial charge is 0.382 e. The molecule has 2 aromatic rings. The summed E-state index contributed by atoms with van der Waals surface area (Å²) in [5, 5.41) is 26.7. The summed E-state index contributed by atoms with van der Waals surface area (Å²) in [5.41, 5.74) is 7.57. The van der Waals surface area contributed by atoms with E-state index in [0.717, 1.165) is 25.1 Å². The maximum atomic E-state index is 9.34. The SMILES string of the molecule is CCCCCCn1cc(C#N)c(N=Nc2c(C(C)(C)C)nn(C)c2N)n1. The van der Waals surface area contributed by atoms with Crippen molar-refractivity contribution in [3.8, 4) is 6.07 Å². The van der Waals surface area contributed by atoms with Gasteiger partial charge in [0.05, 0.1) is 5.69 Å². The lowest BCUT2D eigenvalue weighted by Crippen LogP contribution is -2.12. The number of nitrogen functional groups attached to an aromatic ring is 1. The molecule has 8 nitrogen and oxygen atoms in total. The van der Waals surface area contributed by atoms with E-state index in [2.05, 4.69) is 33.4 Å². The topological polar surface area (TPSA) is 110 Å². The van der Waals surface area contributed by atoms with Crippen molar-refractivity contribution in [1.82, 2.24) is 19.6 Å². The van der Waals surface area contributed by atoms with E-state index in [1.54, 1.807) is 22.6 Å². The number of nitriles is 1. The van der Waals surface area contributed by atoms with Gasteiger partial charge in [0.15, 0.2) is 5.69 Å². The first kappa shape index (κ1) is 19.6. The fourth-order valence-electron chi connectivity index (χ4n) is 2.61. The molecule has 2 N–H and O–H groups in total. The zero-order valence-corrected chi connectivity index (χ0v) is 16.3. The van der Waals surface area contributed by atoms with Crippen molar-refractivity contribution in [2.75, 3.05) is 5.73 Å². The molecule has 0 spiro atoms. The molecule has 0 amide bonds. The highest BCUT2D eigenvalue weighted by Gasteiger charge is 2.25. The van der Waals surface area contributed by atoms with E-state index in [1.807, 2.05) is 20.8 Å². The Bertz CT molecular complexity index is 814. The van der Waals surface area contributed by atoms with Crippen LogP contribution in [0.15, 0.2) is 16.4 Å². The summed E-state index contributed by atoms with van der Waals surface area (Å²) in [7, 11) is 1.77. The van der Waals surface area contributed by atoms with E-state index in [4.69, 9.17) is 5.73 Å². The van der Waals surface area contributed by atoms with Crippen molar-refractivity contribution >= 4 is 17.3 Å². The predicted octanol–water partition coefficient (Wildman–Crippen LogP) is 4.36. The summed E-state index contributed by atoms with van der Waals surface area (Å²) in [6.45, 7) is 9.07. The average Bonchev–Trinajstić information content (AvgIpc) is 3.11. The molecule has 0 saturated heterocycles.